The van der Waals surface area contributed by atoms with Crippen molar-refractivity contribution in [2.45, 2.75) is 25.5 Å². The molecule has 1 saturated heterocycles. The van der Waals surface area contributed by atoms with E-state index in [1.54, 1.807) is 0 Å². The molecule has 3 aromatic rings. The minimum atomic E-state index is -1.12. The number of aromatic nitrogens is 5. The summed E-state index contributed by atoms with van der Waals surface area (Å²) in [6.45, 7) is 2.68. The smallest absolute Gasteiger partial charge is 0.263 e. The molecule has 1 atom stereocenters. The Bertz CT molecular complexity index is 1060. The quantitative estimate of drug-likeness (QED) is 0.679. The summed E-state index contributed by atoms with van der Waals surface area (Å²) in [7, 11) is 0. The van der Waals surface area contributed by atoms with Crippen LogP contribution in [-0.2, 0) is 12.1 Å². The minimum Gasteiger partial charge on any atom is -0.383 e. The number of amides is 1. The van der Waals surface area contributed by atoms with E-state index in [-0.39, 0.29) is 18.7 Å². The van der Waals surface area contributed by atoms with Gasteiger partial charge in [0.1, 0.15) is 36.2 Å². The van der Waals surface area contributed by atoms with Gasteiger partial charge in [-0.15, -0.1) is 0 Å². The average molecular weight is 380 g/mol. The van der Waals surface area contributed by atoms with Gasteiger partial charge in [-0.3, -0.25) is 9.59 Å². The molecule has 2 N–H and O–H groups in total. The van der Waals surface area contributed by atoms with Crippen LogP contribution in [0.25, 0.3) is 0 Å². The van der Waals surface area contributed by atoms with Crippen molar-refractivity contribution in [2.75, 3.05) is 13.1 Å². The molecule has 0 radical (unpaired) electrons. The Morgan fingerprint density at radius 2 is 2.18 bits per heavy atom. The maximum Gasteiger partial charge on any atom is 0.263 e. The fourth-order valence-electron chi connectivity index (χ4n) is 3.58. The van der Waals surface area contributed by atoms with Crippen LogP contribution in [0.4, 0.5) is 0 Å². The lowest BCUT2D eigenvalue weighted by Crippen LogP contribution is -2.37. The van der Waals surface area contributed by atoms with Crippen molar-refractivity contribution < 1.29 is 9.90 Å². The summed E-state index contributed by atoms with van der Waals surface area (Å²) in [6.07, 6.45) is 4.59. The van der Waals surface area contributed by atoms with Gasteiger partial charge < -0.3 is 15.0 Å². The Morgan fingerprint density at radius 1 is 1.36 bits per heavy atom. The van der Waals surface area contributed by atoms with Crippen LogP contribution < -0.4 is 5.56 Å². The number of aliphatic hydroxyl groups is 1. The van der Waals surface area contributed by atoms with Gasteiger partial charge in [-0.25, -0.2) is 14.6 Å². The summed E-state index contributed by atoms with van der Waals surface area (Å²) in [5, 5.41) is 15.0. The fourth-order valence-corrected chi connectivity index (χ4v) is 3.58. The number of benzene rings is 1. The van der Waals surface area contributed by atoms with Crippen LogP contribution in [0.1, 0.15) is 33.7 Å². The number of H-pyrrole nitrogens is 1. The number of hydrogen-bond donors (Lipinski definition) is 2. The first-order chi connectivity index (χ1) is 13.5. The van der Waals surface area contributed by atoms with Crippen LogP contribution in [0.2, 0.25) is 0 Å². The molecule has 28 heavy (non-hydrogen) atoms. The van der Waals surface area contributed by atoms with Gasteiger partial charge in [0.25, 0.3) is 11.5 Å². The van der Waals surface area contributed by atoms with E-state index >= 15 is 0 Å². The summed E-state index contributed by atoms with van der Waals surface area (Å²) in [5.74, 6) is -0.0598. The number of nitrogens with one attached hydrogen (secondary N) is 1. The van der Waals surface area contributed by atoms with Gasteiger partial charge in [-0.2, -0.15) is 5.10 Å². The molecule has 0 bridgehead atoms. The highest BCUT2D eigenvalue weighted by Gasteiger charge is 2.41. The number of rotatable bonds is 4. The van der Waals surface area contributed by atoms with E-state index in [2.05, 4.69) is 20.1 Å². The molecule has 0 saturated carbocycles. The van der Waals surface area contributed by atoms with Crippen LogP contribution >= 0.6 is 0 Å². The molecule has 144 valence electrons. The molecule has 1 unspecified atom stereocenters. The zero-order chi connectivity index (χ0) is 19.7. The van der Waals surface area contributed by atoms with Crippen LogP contribution in [0.3, 0.4) is 0 Å². The summed E-state index contributed by atoms with van der Waals surface area (Å²) < 4.78 is 1.52. The Balaban J connectivity index is 1.52. The van der Waals surface area contributed by atoms with E-state index in [9.17, 15) is 14.7 Å². The van der Waals surface area contributed by atoms with E-state index in [1.807, 2.05) is 31.2 Å². The number of hydrogen-bond acceptors (Lipinski definition) is 6. The topological polar surface area (TPSA) is 117 Å². The fraction of sp³-hybridized carbons (Fsp3) is 0.316. The Kier molecular flexibility index (Phi) is 4.52. The highest BCUT2D eigenvalue weighted by Crippen LogP contribution is 2.34. The van der Waals surface area contributed by atoms with Gasteiger partial charge in [0, 0.05) is 12.7 Å². The van der Waals surface area contributed by atoms with E-state index in [1.165, 1.54) is 28.4 Å². The predicted molar refractivity (Wildman–Crippen MR) is 99.6 cm³/mol. The van der Waals surface area contributed by atoms with Crippen LogP contribution in [0, 0.1) is 6.92 Å². The second-order valence-corrected chi connectivity index (χ2v) is 6.99. The first-order valence-electron chi connectivity index (χ1n) is 8.95. The number of β-amino-alcohol motifs (C(OH)–C–C–N with tert-alkyl or cyclic N) is 1. The second-order valence-electron chi connectivity index (χ2n) is 6.99. The molecule has 1 amide bonds. The van der Waals surface area contributed by atoms with E-state index in [0.717, 1.165) is 11.1 Å². The molecule has 4 rings (SSSR count). The molecule has 3 heterocycles. The molecular weight excluding hydrogens is 360 g/mol. The third-order valence-corrected chi connectivity index (χ3v) is 5.04. The van der Waals surface area contributed by atoms with Crippen molar-refractivity contribution in [3.8, 4) is 0 Å². The number of aromatic amines is 1. The van der Waals surface area contributed by atoms with Crippen molar-refractivity contribution in [3.63, 3.8) is 0 Å². The minimum absolute atomic E-state index is 0.0450. The van der Waals surface area contributed by atoms with Crippen molar-refractivity contribution >= 4 is 5.91 Å². The highest BCUT2D eigenvalue weighted by molar-refractivity contribution is 5.93. The lowest BCUT2D eigenvalue weighted by atomic mass is 9.89. The molecule has 0 spiro atoms. The lowest BCUT2D eigenvalue weighted by molar-refractivity contribution is 0.0412. The zero-order valence-electron chi connectivity index (χ0n) is 15.4. The highest BCUT2D eigenvalue weighted by atomic mass is 16.3. The lowest BCUT2D eigenvalue weighted by Gasteiger charge is -2.25. The third kappa shape index (κ3) is 3.31. The number of aryl methyl sites for hydroxylation is 1. The van der Waals surface area contributed by atoms with Crippen molar-refractivity contribution in [3.05, 3.63) is 76.0 Å². The molecule has 0 aliphatic carbocycles. The van der Waals surface area contributed by atoms with Crippen molar-refractivity contribution in [1.82, 2.24) is 29.6 Å². The van der Waals surface area contributed by atoms with Gasteiger partial charge >= 0.3 is 0 Å². The Morgan fingerprint density at radius 3 is 2.89 bits per heavy atom. The van der Waals surface area contributed by atoms with Crippen LogP contribution in [0.5, 0.6) is 0 Å². The normalized spacial score (nSPS) is 19.1. The number of likely N-dealkylation sites (tertiary alicyclic amines) is 1. The molecule has 1 fully saturated rings. The summed E-state index contributed by atoms with van der Waals surface area (Å²) >= 11 is 0. The third-order valence-electron chi connectivity index (χ3n) is 5.04. The maximum absolute atomic E-state index is 12.8. The molecule has 1 aromatic carbocycles. The molecule has 9 heteroatoms. The van der Waals surface area contributed by atoms with Gasteiger partial charge in [-0.05, 0) is 24.5 Å². The van der Waals surface area contributed by atoms with E-state index in [0.29, 0.717) is 18.8 Å². The second kappa shape index (κ2) is 7.01. The summed E-state index contributed by atoms with van der Waals surface area (Å²) in [5.41, 5.74) is 0.100. The van der Waals surface area contributed by atoms with Crippen LogP contribution in [-0.4, -0.2) is 53.7 Å². The van der Waals surface area contributed by atoms with Gasteiger partial charge in [0.15, 0.2) is 0 Å². The van der Waals surface area contributed by atoms with Crippen LogP contribution in [0.15, 0.2) is 47.9 Å². The molecule has 2 aromatic heterocycles. The molecular formula is C19H20N6O3. The standard InChI is InChI=1S/C19H20N6O3/c1-13-4-2-3-5-15(13)19(28)6-7-24(10-19)18(27)14-8-21-16(23-17(14)26)9-25-12-20-11-22-25/h2-5,8,11-12,28H,6-7,9-10H2,1H3,(H,21,23,26). The largest absolute Gasteiger partial charge is 0.383 e. The Labute approximate surface area is 160 Å². The molecule has 9 nitrogen and oxygen atoms in total. The number of nitrogens with zero attached hydrogens (tertiary/aromatic N) is 5. The number of carbonyl (C=O) groups is 1. The zero-order valence-corrected chi connectivity index (χ0v) is 15.4. The molecule has 1 aliphatic rings. The van der Waals surface area contributed by atoms with Gasteiger partial charge in [0.2, 0.25) is 0 Å². The van der Waals surface area contributed by atoms with Gasteiger partial charge in [-0.1, -0.05) is 24.3 Å². The van der Waals surface area contributed by atoms with E-state index < -0.39 is 17.1 Å². The first kappa shape index (κ1) is 18.1. The number of carbonyl (C=O) groups excluding carboxylic acids is 1. The predicted octanol–water partition coefficient (Wildman–Crippen LogP) is 0.452. The summed E-state index contributed by atoms with van der Waals surface area (Å²) in [4.78, 5) is 37.3. The van der Waals surface area contributed by atoms with Crippen molar-refractivity contribution in [1.29, 1.82) is 0 Å². The summed E-state index contributed by atoms with van der Waals surface area (Å²) in [6, 6.07) is 7.58. The van der Waals surface area contributed by atoms with Gasteiger partial charge in [0.05, 0.1) is 6.54 Å². The van der Waals surface area contributed by atoms with Crippen molar-refractivity contribution in [2.24, 2.45) is 0 Å². The SMILES string of the molecule is Cc1ccccc1C1(O)CCN(C(=O)c2cnc(Cn3cncn3)[nH]c2=O)C1. The average Bonchev–Trinajstić information content (AvgIpc) is 3.32. The monoisotopic (exact) mass is 380 g/mol. The Hall–Kier alpha value is -3.33. The maximum atomic E-state index is 12.8. The van der Waals surface area contributed by atoms with E-state index in [4.69, 9.17) is 0 Å². The molecule has 1 aliphatic heterocycles. The first-order valence-corrected chi connectivity index (χ1v) is 8.95.